The molecule has 0 unspecified atom stereocenters. The van der Waals surface area contributed by atoms with Gasteiger partial charge in [0, 0.05) is 17.8 Å². The van der Waals surface area contributed by atoms with E-state index in [9.17, 15) is 9.59 Å². The topological polar surface area (TPSA) is 87.5 Å². The van der Waals surface area contributed by atoms with Gasteiger partial charge in [-0.2, -0.15) is 5.10 Å². The molecule has 1 aromatic carbocycles. The average Bonchev–Trinajstić information content (AvgIpc) is 2.94. The molecule has 1 aliphatic rings. The van der Waals surface area contributed by atoms with Gasteiger partial charge in [-0.3, -0.25) is 19.2 Å². The summed E-state index contributed by atoms with van der Waals surface area (Å²) >= 11 is 0. The summed E-state index contributed by atoms with van der Waals surface area (Å²) in [5.74, 6) is -1.05. The maximum atomic E-state index is 12.3. The quantitative estimate of drug-likeness (QED) is 0.762. The standard InChI is InChI=1S/C21H28N4O3/c1-15-19(16(2)25(23-15)13-17-6-4-3-5-7-17)12-22-20(26)14-24-10-8-18(9-11-24)21(27)28/h3-7,18H,8-14H2,1-2H3,(H,22,26)(H,27,28). The van der Waals surface area contributed by atoms with Gasteiger partial charge >= 0.3 is 5.97 Å². The van der Waals surface area contributed by atoms with Crippen LogP contribution in [0.15, 0.2) is 30.3 Å². The molecule has 1 aromatic heterocycles. The number of aryl methyl sites for hydroxylation is 1. The predicted octanol–water partition coefficient (Wildman–Crippen LogP) is 1.96. The molecule has 2 heterocycles. The Hall–Kier alpha value is -2.67. The number of hydrogen-bond acceptors (Lipinski definition) is 4. The zero-order valence-corrected chi connectivity index (χ0v) is 16.5. The molecule has 2 aromatic rings. The van der Waals surface area contributed by atoms with Crippen molar-refractivity contribution in [2.75, 3.05) is 19.6 Å². The Balaban J connectivity index is 1.52. The second kappa shape index (κ2) is 9.01. The van der Waals surface area contributed by atoms with Crippen LogP contribution in [0.5, 0.6) is 0 Å². The molecule has 1 amide bonds. The van der Waals surface area contributed by atoms with E-state index in [0.29, 0.717) is 45.6 Å². The molecule has 7 heteroatoms. The van der Waals surface area contributed by atoms with Gasteiger partial charge in [-0.05, 0) is 45.3 Å². The van der Waals surface area contributed by atoms with E-state index < -0.39 is 5.97 Å². The minimum Gasteiger partial charge on any atom is -0.481 e. The van der Waals surface area contributed by atoms with Crippen LogP contribution in [-0.4, -0.2) is 51.3 Å². The summed E-state index contributed by atoms with van der Waals surface area (Å²) in [6, 6.07) is 10.2. The molecule has 0 spiro atoms. The van der Waals surface area contributed by atoms with Gasteiger partial charge in [0.05, 0.1) is 24.7 Å². The van der Waals surface area contributed by atoms with Crippen LogP contribution < -0.4 is 5.32 Å². The molecular weight excluding hydrogens is 356 g/mol. The fraction of sp³-hybridized carbons (Fsp3) is 0.476. The van der Waals surface area contributed by atoms with Gasteiger partial charge in [0.15, 0.2) is 0 Å². The molecule has 150 valence electrons. The summed E-state index contributed by atoms with van der Waals surface area (Å²) in [6.45, 7) is 6.77. The third-order valence-electron chi connectivity index (χ3n) is 5.47. The fourth-order valence-electron chi connectivity index (χ4n) is 3.68. The number of rotatable bonds is 7. The average molecular weight is 384 g/mol. The van der Waals surface area contributed by atoms with Crippen molar-refractivity contribution < 1.29 is 14.7 Å². The third-order valence-corrected chi connectivity index (χ3v) is 5.47. The first-order chi connectivity index (χ1) is 13.4. The normalized spacial score (nSPS) is 15.5. The van der Waals surface area contributed by atoms with Crippen molar-refractivity contribution in [1.82, 2.24) is 20.0 Å². The maximum Gasteiger partial charge on any atom is 0.306 e. The number of benzene rings is 1. The van der Waals surface area contributed by atoms with Crippen molar-refractivity contribution >= 4 is 11.9 Å². The van der Waals surface area contributed by atoms with Crippen LogP contribution in [0.3, 0.4) is 0 Å². The van der Waals surface area contributed by atoms with Gasteiger partial charge < -0.3 is 10.4 Å². The van der Waals surface area contributed by atoms with Crippen LogP contribution in [-0.2, 0) is 22.7 Å². The van der Waals surface area contributed by atoms with E-state index in [2.05, 4.69) is 22.5 Å². The van der Waals surface area contributed by atoms with Crippen molar-refractivity contribution in [1.29, 1.82) is 0 Å². The van der Waals surface area contributed by atoms with Crippen LogP contribution in [0.1, 0.15) is 35.4 Å². The maximum absolute atomic E-state index is 12.3. The van der Waals surface area contributed by atoms with Gasteiger partial charge in [-0.25, -0.2) is 0 Å². The van der Waals surface area contributed by atoms with Crippen molar-refractivity contribution in [3.05, 3.63) is 52.8 Å². The van der Waals surface area contributed by atoms with Crippen LogP contribution in [0.2, 0.25) is 0 Å². The van der Waals surface area contributed by atoms with Gasteiger partial charge in [0.1, 0.15) is 0 Å². The first-order valence-electron chi connectivity index (χ1n) is 9.72. The van der Waals surface area contributed by atoms with E-state index in [1.54, 1.807) is 0 Å². The first kappa shape index (κ1) is 20.1. The summed E-state index contributed by atoms with van der Waals surface area (Å²) < 4.78 is 1.98. The Bertz CT molecular complexity index is 824. The SMILES string of the molecule is Cc1nn(Cc2ccccc2)c(C)c1CNC(=O)CN1CCC(C(=O)O)CC1. The number of likely N-dealkylation sites (tertiary alicyclic amines) is 1. The molecule has 7 nitrogen and oxygen atoms in total. The Morgan fingerprint density at radius 2 is 1.86 bits per heavy atom. The monoisotopic (exact) mass is 384 g/mol. The largest absolute Gasteiger partial charge is 0.481 e. The number of carboxylic acids is 1. The van der Waals surface area contributed by atoms with E-state index in [-0.39, 0.29) is 11.8 Å². The fourth-order valence-corrected chi connectivity index (χ4v) is 3.68. The lowest BCUT2D eigenvalue weighted by molar-refractivity contribution is -0.143. The second-order valence-corrected chi connectivity index (χ2v) is 7.46. The number of piperidine rings is 1. The highest BCUT2D eigenvalue weighted by Crippen LogP contribution is 2.17. The van der Waals surface area contributed by atoms with E-state index in [1.165, 1.54) is 5.56 Å². The lowest BCUT2D eigenvalue weighted by Gasteiger charge is -2.29. The number of carbonyl (C=O) groups is 2. The van der Waals surface area contributed by atoms with Gasteiger partial charge in [0.2, 0.25) is 5.91 Å². The molecule has 2 N–H and O–H groups in total. The summed E-state index contributed by atoms with van der Waals surface area (Å²) in [4.78, 5) is 25.4. The van der Waals surface area contributed by atoms with Crippen molar-refractivity contribution in [3.63, 3.8) is 0 Å². The summed E-state index contributed by atoms with van der Waals surface area (Å²) in [6.07, 6.45) is 1.21. The molecule has 3 rings (SSSR count). The molecular formula is C21H28N4O3. The van der Waals surface area contributed by atoms with Crippen LogP contribution in [0.4, 0.5) is 0 Å². The predicted molar refractivity (Wildman–Crippen MR) is 106 cm³/mol. The van der Waals surface area contributed by atoms with E-state index in [1.807, 2.05) is 41.6 Å². The third kappa shape index (κ3) is 4.98. The number of carbonyl (C=O) groups excluding carboxylic acids is 1. The molecule has 0 radical (unpaired) electrons. The van der Waals surface area contributed by atoms with Gasteiger partial charge in [-0.15, -0.1) is 0 Å². The molecule has 0 atom stereocenters. The van der Waals surface area contributed by atoms with Crippen molar-refractivity contribution in [2.45, 2.75) is 39.8 Å². The number of nitrogens with one attached hydrogen (secondary N) is 1. The smallest absolute Gasteiger partial charge is 0.306 e. The molecule has 28 heavy (non-hydrogen) atoms. The van der Waals surface area contributed by atoms with Crippen LogP contribution >= 0.6 is 0 Å². The van der Waals surface area contributed by atoms with Crippen LogP contribution in [0, 0.1) is 19.8 Å². The molecule has 0 bridgehead atoms. The lowest BCUT2D eigenvalue weighted by atomic mass is 9.97. The minimum absolute atomic E-state index is 0.0385. The molecule has 1 saturated heterocycles. The first-order valence-corrected chi connectivity index (χ1v) is 9.72. The van der Waals surface area contributed by atoms with Gasteiger partial charge in [0.25, 0.3) is 0 Å². The highest BCUT2D eigenvalue weighted by atomic mass is 16.4. The Morgan fingerprint density at radius 3 is 2.50 bits per heavy atom. The number of nitrogens with zero attached hydrogens (tertiary/aromatic N) is 3. The van der Waals surface area contributed by atoms with E-state index >= 15 is 0 Å². The Kier molecular flexibility index (Phi) is 6.46. The summed E-state index contributed by atoms with van der Waals surface area (Å²) in [5.41, 5.74) is 4.22. The Morgan fingerprint density at radius 1 is 1.18 bits per heavy atom. The summed E-state index contributed by atoms with van der Waals surface area (Å²) in [5, 5.41) is 16.7. The molecule has 0 saturated carbocycles. The number of carboxylic acid groups (broad SMARTS) is 1. The Labute approximate surface area is 165 Å². The zero-order valence-electron chi connectivity index (χ0n) is 16.5. The number of aromatic nitrogens is 2. The number of amides is 1. The minimum atomic E-state index is -0.734. The second-order valence-electron chi connectivity index (χ2n) is 7.46. The van der Waals surface area contributed by atoms with Crippen molar-refractivity contribution in [2.24, 2.45) is 5.92 Å². The molecule has 1 fully saturated rings. The van der Waals surface area contributed by atoms with Crippen LogP contribution in [0.25, 0.3) is 0 Å². The molecule has 1 aliphatic heterocycles. The highest BCUT2D eigenvalue weighted by molar-refractivity contribution is 5.78. The van der Waals surface area contributed by atoms with E-state index in [4.69, 9.17) is 5.11 Å². The van der Waals surface area contributed by atoms with Crippen molar-refractivity contribution in [3.8, 4) is 0 Å². The number of hydrogen-bond donors (Lipinski definition) is 2. The van der Waals surface area contributed by atoms with Gasteiger partial charge in [-0.1, -0.05) is 30.3 Å². The highest BCUT2D eigenvalue weighted by Gasteiger charge is 2.25. The lowest BCUT2D eigenvalue weighted by Crippen LogP contribution is -2.42. The summed E-state index contributed by atoms with van der Waals surface area (Å²) in [7, 11) is 0. The number of aliphatic carboxylic acids is 1. The molecule has 0 aliphatic carbocycles. The van der Waals surface area contributed by atoms with E-state index in [0.717, 1.165) is 17.0 Å². The zero-order chi connectivity index (χ0) is 20.1.